The van der Waals surface area contributed by atoms with Gasteiger partial charge >= 0.3 is 0 Å². The van der Waals surface area contributed by atoms with Crippen molar-refractivity contribution in [1.82, 2.24) is 14.8 Å². The lowest BCUT2D eigenvalue weighted by Crippen LogP contribution is -1.94. The molecule has 17 heavy (non-hydrogen) atoms. The highest BCUT2D eigenvalue weighted by molar-refractivity contribution is 7.99. The Labute approximate surface area is 104 Å². The molecule has 90 valence electrons. The van der Waals surface area contributed by atoms with Crippen molar-refractivity contribution >= 4 is 17.4 Å². The van der Waals surface area contributed by atoms with Crippen LogP contribution in [0.25, 0.3) is 0 Å². The van der Waals surface area contributed by atoms with E-state index in [2.05, 4.69) is 10.2 Å². The lowest BCUT2D eigenvalue weighted by atomic mass is 10.3. The van der Waals surface area contributed by atoms with Crippen LogP contribution >= 0.6 is 11.8 Å². The third-order valence-electron chi connectivity index (χ3n) is 2.40. The Morgan fingerprint density at radius 3 is 2.65 bits per heavy atom. The number of aryl methyl sites for hydroxylation is 1. The molecule has 1 heterocycles. The Morgan fingerprint density at radius 2 is 2.06 bits per heavy atom. The first-order valence-electron chi connectivity index (χ1n) is 5.08. The molecule has 0 aliphatic carbocycles. The number of hydrogen-bond donors (Lipinski definition) is 1. The van der Waals surface area contributed by atoms with E-state index in [1.807, 2.05) is 30.7 Å². The minimum atomic E-state index is 0.672. The molecule has 0 spiro atoms. The minimum Gasteiger partial charge on any atom is -0.497 e. The average Bonchev–Trinajstić information content (AvgIpc) is 2.60. The fourth-order valence-electron chi connectivity index (χ4n) is 1.35. The van der Waals surface area contributed by atoms with E-state index >= 15 is 0 Å². The third kappa shape index (κ3) is 2.52. The number of methoxy groups -OCH3 is 1. The normalized spacial score (nSPS) is 10.5. The van der Waals surface area contributed by atoms with Crippen molar-refractivity contribution < 1.29 is 4.74 Å². The fourth-order valence-corrected chi connectivity index (χ4v) is 2.28. The lowest BCUT2D eigenvalue weighted by molar-refractivity contribution is 0.414. The van der Waals surface area contributed by atoms with Gasteiger partial charge < -0.3 is 15.0 Å². The largest absolute Gasteiger partial charge is 0.497 e. The average molecular weight is 250 g/mol. The molecule has 1 aromatic heterocycles. The van der Waals surface area contributed by atoms with Crippen LogP contribution < -0.4 is 10.5 Å². The van der Waals surface area contributed by atoms with Crippen LogP contribution in [0.4, 0.5) is 5.69 Å². The second-order valence-corrected chi connectivity index (χ2v) is 4.67. The predicted octanol–water partition coefficient (Wildman–Crippen LogP) is 1.87. The van der Waals surface area contributed by atoms with Gasteiger partial charge in [0.15, 0.2) is 5.16 Å². The van der Waals surface area contributed by atoms with E-state index < -0.39 is 0 Å². The highest BCUT2D eigenvalue weighted by atomic mass is 32.2. The highest BCUT2D eigenvalue weighted by Gasteiger charge is 2.08. The standard InChI is InChI=1S/C11H14N4OS/c1-7-13-14-11(15(7)2)17-10-5-8(12)4-9(6-10)16-3/h4-6H,12H2,1-3H3. The Kier molecular flexibility index (Phi) is 3.23. The van der Waals surface area contributed by atoms with E-state index in [9.17, 15) is 0 Å². The Balaban J connectivity index is 2.29. The van der Waals surface area contributed by atoms with Gasteiger partial charge in [-0.05, 0) is 30.8 Å². The molecule has 0 bridgehead atoms. The first-order chi connectivity index (χ1) is 8.10. The smallest absolute Gasteiger partial charge is 0.195 e. The molecule has 0 saturated heterocycles. The zero-order valence-electron chi connectivity index (χ0n) is 9.97. The van der Waals surface area contributed by atoms with Gasteiger partial charge in [0.2, 0.25) is 0 Å². The van der Waals surface area contributed by atoms with Crippen LogP contribution in [0.1, 0.15) is 5.82 Å². The fraction of sp³-hybridized carbons (Fsp3) is 0.273. The molecule has 0 unspecified atom stereocenters. The molecule has 2 N–H and O–H groups in total. The molecule has 0 atom stereocenters. The highest BCUT2D eigenvalue weighted by Crippen LogP contribution is 2.30. The number of anilines is 1. The predicted molar refractivity (Wildman–Crippen MR) is 67.3 cm³/mol. The topological polar surface area (TPSA) is 66.0 Å². The van der Waals surface area contributed by atoms with Crippen LogP contribution in [-0.2, 0) is 7.05 Å². The monoisotopic (exact) mass is 250 g/mol. The van der Waals surface area contributed by atoms with Gasteiger partial charge in [-0.25, -0.2) is 0 Å². The molecule has 6 heteroatoms. The van der Waals surface area contributed by atoms with E-state index in [1.54, 1.807) is 13.2 Å². The summed E-state index contributed by atoms with van der Waals surface area (Å²) in [5, 5.41) is 8.93. The van der Waals surface area contributed by atoms with Gasteiger partial charge in [0.05, 0.1) is 7.11 Å². The van der Waals surface area contributed by atoms with Gasteiger partial charge in [-0.3, -0.25) is 0 Å². The van der Waals surface area contributed by atoms with Crippen LogP contribution in [0.2, 0.25) is 0 Å². The first kappa shape index (κ1) is 11.8. The molecule has 0 fully saturated rings. The molecule has 2 rings (SSSR count). The van der Waals surface area contributed by atoms with E-state index in [4.69, 9.17) is 10.5 Å². The summed E-state index contributed by atoms with van der Waals surface area (Å²) in [7, 11) is 3.55. The van der Waals surface area contributed by atoms with E-state index in [0.29, 0.717) is 5.69 Å². The second kappa shape index (κ2) is 4.67. The summed E-state index contributed by atoms with van der Waals surface area (Å²) in [5.74, 6) is 1.62. The number of aromatic nitrogens is 3. The van der Waals surface area contributed by atoms with Gasteiger partial charge in [-0.2, -0.15) is 0 Å². The zero-order chi connectivity index (χ0) is 12.4. The maximum atomic E-state index is 5.80. The van der Waals surface area contributed by atoms with Crippen molar-refractivity contribution in [2.75, 3.05) is 12.8 Å². The van der Waals surface area contributed by atoms with Gasteiger partial charge in [0.1, 0.15) is 11.6 Å². The molecule has 0 aliphatic heterocycles. The van der Waals surface area contributed by atoms with Gasteiger partial charge in [-0.15, -0.1) is 10.2 Å². The maximum Gasteiger partial charge on any atom is 0.195 e. The third-order valence-corrected chi connectivity index (χ3v) is 3.41. The van der Waals surface area contributed by atoms with Crippen molar-refractivity contribution in [2.24, 2.45) is 7.05 Å². The molecule has 2 aromatic rings. The van der Waals surface area contributed by atoms with Crippen LogP contribution in [0.15, 0.2) is 28.3 Å². The maximum absolute atomic E-state index is 5.80. The summed E-state index contributed by atoms with van der Waals surface area (Å²) >= 11 is 1.51. The van der Waals surface area contributed by atoms with Crippen molar-refractivity contribution in [1.29, 1.82) is 0 Å². The molecule has 5 nitrogen and oxygen atoms in total. The Morgan fingerprint density at radius 1 is 1.29 bits per heavy atom. The summed E-state index contributed by atoms with van der Waals surface area (Å²) in [6, 6.07) is 5.59. The SMILES string of the molecule is COc1cc(N)cc(Sc2nnc(C)n2C)c1. The van der Waals surface area contributed by atoms with Crippen molar-refractivity contribution in [3.63, 3.8) is 0 Å². The zero-order valence-corrected chi connectivity index (χ0v) is 10.8. The number of rotatable bonds is 3. The van der Waals surface area contributed by atoms with Crippen LogP contribution in [-0.4, -0.2) is 21.9 Å². The number of nitrogens with zero attached hydrogens (tertiary/aromatic N) is 3. The summed E-state index contributed by atoms with van der Waals surface area (Å²) in [4.78, 5) is 0.984. The number of ether oxygens (including phenoxy) is 1. The summed E-state index contributed by atoms with van der Waals surface area (Å²) in [5.41, 5.74) is 6.47. The van der Waals surface area contributed by atoms with E-state index in [0.717, 1.165) is 21.6 Å². The van der Waals surface area contributed by atoms with E-state index in [1.165, 1.54) is 11.8 Å². The van der Waals surface area contributed by atoms with E-state index in [-0.39, 0.29) is 0 Å². The van der Waals surface area contributed by atoms with Crippen molar-refractivity contribution in [3.05, 3.63) is 24.0 Å². The summed E-state index contributed by atoms with van der Waals surface area (Å²) in [6.45, 7) is 1.91. The summed E-state index contributed by atoms with van der Waals surface area (Å²) in [6.07, 6.45) is 0. The number of benzene rings is 1. The van der Waals surface area contributed by atoms with Gasteiger partial charge in [0.25, 0.3) is 0 Å². The lowest BCUT2D eigenvalue weighted by Gasteiger charge is -2.06. The first-order valence-corrected chi connectivity index (χ1v) is 5.90. The molecule has 0 aliphatic rings. The molecule has 1 aromatic carbocycles. The molecular weight excluding hydrogens is 236 g/mol. The van der Waals surface area contributed by atoms with Gasteiger partial charge in [0, 0.05) is 23.7 Å². The van der Waals surface area contributed by atoms with Crippen LogP contribution in [0.5, 0.6) is 5.75 Å². The van der Waals surface area contributed by atoms with Gasteiger partial charge in [-0.1, -0.05) is 0 Å². The van der Waals surface area contributed by atoms with Crippen LogP contribution in [0, 0.1) is 6.92 Å². The summed E-state index contributed by atoms with van der Waals surface area (Å²) < 4.78 is 7.10. The number of nitrogen functional groups attached to an aromatic ring is 1. The molecule has 0 radical (unpaired) electrons. The molecule has 0 saturated carbocycles. The number of hydrogen-bond acceptors (Lipinski definition) is 5. The molecule has 0 amide bonds. The second-order valence-electron chi connectivity index (χ2n) is 3.63. The van der Waals surface area contributed by atoms with Crippen molar-refractivity contribution in [2.45, 2.75) is 17.0 Å². The Hall–Kier alpha value is -1.69. The number of nitrogens with two attached hydrogens (primary N) is 1. The molecular formula is C11H14N4OS. The van der Waals surface area contributed by atoms with Crippen molar-refractivity contribution in [3.8, 4) is 5.75 Å². The Bertz CT molecular complexity index is 538. The van der Waals surface area contributed by atoms with Crippen LogP contribution in [0.3, 0.4) is 0 Å². The minimum absolute atomic E-state index is 0.672. The quantitative estimate of drug-likeness (QED) is 0.842.